The smallest absolute Gasteiger partial charge is 0.244 e. The van der Waals surface area contributed by atoms with Crippen molar-refractivity contribution in [2.75, 3.05) is 32.7 Å². The maximum absolute atomic E-state index is 12.7. The highest BCUT2D eigenvalue weighted by molar-refractivity contribution is 9.11. The zero-order chi connectivity index (χ0) is 15.6. The van der Waals surface area contributed by atoms with Gasteiger partial charge in [-0.05, 0) is 34.1 Å². The van der Waals surface area contributed by atoms with Crippen molar-refractivity contribution >= 4 is 59.1 Å². The summed E-state index contributed by atoms with van der Waals surface area (Å²) in [6, 6.07) is 5.13. The highest BCUT2D eigenvalue weighted by Gasteiger charge is 2.30. The number of hydrogen-bond donors (Lipinski definition) is 1. The first-order valence-corrected chi connectivity index (χ1v) is 9.70. The number of sulfonamides is 1. The third kappa shape index (κ3) is 4.23. The molecular weight excluding hydrogens is 442 g/mol. The molecule has 0 spiro atoms. The fourth-order valence-corrected chi connectivity index (χ4v) is 5.23. The number of rotatable bonds is 4. The quantitative estimate of drug-likeness (QED) is 0.699. The van der Waals surface area contributed by atoms with Crippen LogP contribution in [-0.4, -0.2) is 55.3 Å². The lowest BCUT2D eigenvalue weighted by Gasteiger charge is -2.33. The summed E-state index contributed by atoms with van der Waals surface area (Å²) < 4.78 is 28.2. The van der Waals surface area contributed by atoms with Crippen molar-refractivity contribution in [2.45, 2.75) is 4.90 Å². The SMILES string of the molecule is NC(=S)CN1CCN(S(=O)(=O)c2cc(Br)ccc2Br)CC1. The van der Waals surface area contributed by atoms with E-state index >= 15 is 0 Å². The van der Waals surface area contributed by atoms with Crippen molar-refractivity contribution in [1.82, 2.24) is 9.21 Å². The molecule has 0 radical (unpaired) electrons. The van der Waals surface area contributed by atoms with E-state index in [0.29, 0.717) is 42.2 Å². The minimum Gasteiger partial charge on any atom is -0.392 e. The van der Waals surface area contributed by atoms with Crippen LogP contribution in [0.4, 0.5) is 0 Å². The van der Waals surface area contributed by atoms with Crippen molar-refractivity contribution in [3.63, 3.8) is 0 Å². The fourth-order valence-electron chi connectivity index (χ4n) is 2.16. The Kier molecular flexibility index (Phi) is 5.77. The zero-order valence-corrected chi connectivity index (χ0v) is 15.9. The summed E-state index contributed by atoms with van der Waals surface area (Å²) in [5.74, 6) is 0. The van der Waals surface area contributed by atoms with Crippen LogP contribution in [0, 0.1) is 0 Å². The molecule has 0 atom stereocenters. The predicted molar refractivity (Wildman–Crippen MR) is 93.8 cm³/mol. The molecule has 2 rings (SSSR count). The molecule has 0 bridgehead atoms. The highest BCUT2D eigenvalue weighted by Crippen LogP contribution is 2.28. The summed E-state index contributed by atoms with van der Waals surface area (Å²) in [6.07, 6.45) is 0. The van der Waals surface area contributed by atoms with E-state index in [0.717, 1.165) is 4.47 Å². The lowest BCUT2D eigenvalue weighted by molar-refractivity contribution is 0.209. The van der Waals surface area contributed by atoms with Crippen molar-refractivity contribution in [3.05, 3.63) is 27.1 Å². The Morgan fingerprint density at radius 3 is 2.43 bits per heavy atom. The molecule has 9 heteroatoms. The summed E-state index contributed by atoms with van der Waals surface area (Å²) in [5, 5.41) is 0. The first-order valence-electron chi connectivity index (χ1n) is 6.26. The van der Waals surface area contributed by atoms with Crippen molar-refractivity contribution in [2.24, 2.45) is 5.73 Å². The largest absolute Gasteiger partial charge is 0.392 e. The average Bonchev–Trinajstić information content (AvgIpc) is 2.41. The molecule has 5 nitrogen and oxygen atoms in total. The van der Waals surface area contributed by atoms with Gasteiger partial charge < -0.3 is 5.73 Å². The van der Waals surface area contributed by atoms with Crippen LogP contribution in [0.2, 0.25) is 0 Å². The van der Waals surface area contributed by atoms with Crippen LogP contribution >= 0.6 is 44.1 Å². The van der Waals surface area contributed by atoms with Crippen LogP contribution in [0.1, 0.15) is 0 Å². The number of benzene rings is 1. The number of nitrogens with two attached hydrogens (primary N) is 1. The summed E-state index contributed by atoms with van der Waals surface area (Å²) in [4.78, 5) is 2.77. The van der Waals surface area contributed by atoms with E-state index in [-0.39, 0.29) is 4.90 Å². The van der Waals surface area contributed by atoms with Crippen molar-refractivity contribution in [1.29, 1.82) is 0 Å². The standard InChI is InChI=1S/C12H15Br2N3O2S2/c13-9-1-2-10(14)11(7-9)21(18,19)17-5-3-16(4-6-17)8-12(15)20/h1-2,7H,3-6,8H2,(H2,15,20). The van der Waals surface area contributed by atoms with Gasteiger partial charge in [0, 0.05) is 41.7 Å². The van der Waals surface area contributed by atoms with E-state index in [2.05, 4.69) is 36.8 Å². The van der Waals surface area contributed by atoms with Crippen LogP contribution in [0.5, 0.6) is 0 Å². The number of nitrogens with zero attached hydrogens (tertiary/aromatic N) is 2. The summed E-state index contributed by atoms with van der Waals surface area (Å²) >= 11 is 11.5. The third-order valence-corrected chi connectivity index (χ3v) is 6.74. The van der Waals surface area contributed by atoms with Crippen LogP contribution in [0.3, 0.4) is 0 Å². The molecule has 0 amide bonds. The normalized spacial score (nSPS) is 17.8. The molecule has 116 valence electrons. The molecule has 0 aromatic heterocycles. The van der Waals surface area contributed by atoms with Gasteiger partial charge in [0.25, 0.3) is 0 Å². The van der Waals surface area contributed by atoms with Gasteiger partial charge in [-0.1, -0.05) is 28.1 Å². The van der Waals surface area contributed by atoms with Gasteiger partial charge in [0.05, 0.1) is 9.88 Å². The van der Waals surface area contributed by atoms with E-state index in [1.807, 2.05) is 0 Å². The Hall–Kier alpha value is -0.0600. The highest BCUT2D eigenvalue weighted by atomic mass is 79.9. The molecule has 0 saturated carbocycles. The van der Waals surface area contributed by atoms with Gasteiger partial charge in [-0.15, -0.1) is 0 Å². The summed E-state index contributed by atoms with van der Waals surface area (Å²) in [6.45, 7) is 2.65. The van der Waals surface area contributed by atoms with E-state index in [9.17, 15) is 8.42 Å². The molecule has 0 aliphatic carbocycles. The topological polar surface area (TPSA) is 66.6 Å². The Balaban J connectivity index is 2.15. The molecule has 1 aliphatic rings. The molecule has 2 N–H and O–H groups in total. The Bertz CT molecular complexity index is 644. The van der Waals surface area contributed by atoms with Gasteiger partial charge in [0.1, 0.15) is 0 Å². The first-order chi connectivity index (χ1) is 9.80. The Morgan fingerprint density at radius 2 is 1.86 bits per heavy atom. The summed E-state index contributed by atoms with van der Waals surface area (Å²) in [7, 11) is -3.50. The monoisotopic (exact) mass is 455 g/mol. The van der Waals surface area contributed by atoms with Gasteiger partial charge in [0.2, 0.25) is 10.0 Å². The van der Waals surface area contributed by atoms with Gasteiger partial charge in [-0.2, -0.15) is 4.31 Å². The second kappa shape index (κ2) is 7.01. The number of hydrogen-bond acceptors (Lipinski definition) is 4. The number of thiocarbonyl (C=S) groups is 1. The predicted octanol–water partition coefficient (Wildman–Crippen LogP) is 1.80. The molecule has 1 aromatic rings. The lowest BCUT2D eigenvalue weighted by Crippen LogP contribution is -2.50. The first kappa shape index (κ1) is 17.3. The minimum absolute atomic E-state index is 0.277. The Morgan fingerprint density at radius 1 is 1.24 bits per heavy atom. The second-order valence-corrected chi connectivity index (χ2v) is 8.92. The molecule has 1 heterocycles. The molecular formula is C12H15Br2N3O2S2. The van der Waals surface area contributed by atoms with Gasteiger partial charge in [0.15, 0.2) is 0 Å². The maximum Gasteiger partial charge on any atom is 0.244 e. The number of piperazine rings is 1. The third-order valence-electron chi connectivity index (χ3n) is 3.22. The van der Waals surface area contributed by atoms with E-state index < -0.39 is 10.0 Å². The molecule has 0 unspecified atom stereocenters. The van der Waals surface area contributed by atoms with Crippen LogP contribution < -0.4 is 5.73 Å². The summed E-state index contributed by atoms with van der Waals surface area (Å²) in [5.41, 5.74) is 5.52. The fraction of sp³-hybridized carbons (Fsp3) is 0.417. The van der Waals surface area contributed by atoms with Gasteiger partial charge >= 0.3 is 0 Å². The Labute approximate surface area is 146 Å². The van der Waals surface area contributed by atoms with E-state index in [4.69, 9.17) is 18.0 Å². The van der Waals surface area contributed by atoms with Gasteiger partial charge in [-0.3, -0.25) is 4.90 Å². The second-order valence-electron chi connectivity index (χ2n) is 4.72. The maximum atomic E-state index is 12.7. The van der Waals surface area contributed by atoms with Crippen molar-refractivity contribution in [3.8, 4) is 0 Å². The van der Waals surface area contributed by atoms with Crippen LogP contribution in [0.25, 0.3) is 0 Å². The minimum atomic E-state index is -3.50. The number of halogens is 2. The lowest BCUT2D eigenvalue weighted by atomic mass is 10.3. The molecule has 1 fully saturated rings. The molecule has 21 heavy (non-hydrogen) atoms. The molecule has 1 saturated heterocycles. The van der Waals surface area contributed by atoms with Crippen LogP contribution in [0.15, 0.2) is 32.0 Å². The van der Waals surface area contributed by atoms with Crippen molar-refractivity contribution < 1.29 is 8.42 Å². The van der Waals surface area contributed by atoms with E-state index in [1.54, 1.807) is 18.2 Å². The molecule has 1 aromatic carbocycles. The van der Waals surface area contributed by atoms with Gasteiger partial charge in [-0.25, -0.2) is 8.42 Å². The average molecular weight is 457 g/mol. The molecule has 1 aliphatic heterocycles. The van der Waals surface area contributed by atoms with E-state index in [1.165, 1.54) is 4.31 Å². The van der Waals surface area contributed by atoms with Crippen LogP contribution in [-0.2, 0) is 10.0 Å². The zero-order valence-electron chi connectivity index (χ0n) is 11.1.